The van der Waals surface area contributed by atoms with E-state index >= 15 is 0 Å². The Morgan fingerprint density at radius 3 is 2.83 bits per heavy atom. The number of rotatable bonds is 4. The molecule has 0 aliphatic carbocycles. The van der Waals surface area contributed by atoms with Gasteiger partial charge in [0.15, 0.2) is 0 Å². The van der Waals surface area contributed by atoms with Crippen molar-refractivity contribution in [3.63, 3.8) is 0 Å². The molecule has 0 aromatic heterocycles. The molecule has 0 radical (unpaired) electrons. The van der Waals surface area contributed by atoms with Crippen molar-refractivity contribution in [3.8, 4) is 0 Å². The van der Waals surface area contributed by atoms with E-state index < -0.39 is 0 Å². The SMILES string of the molecule is O=C(NC[C@@H]1CCN(Cc2ccccc2F)C1)N1CCSCC1. The molecule has 2 aliphatic heterocycles. The van der Waals surface area contributed by atoms with E-state index in [1.165, 1.54) is 6.07 Å². The number of likely N-dealkylation sites (tertiary alicyclic amines) is 1. The van der Waals surface area contributed by atoms with Gasteiger partial charge in [0, 0.05) is 49.8 Å². The molecular weight excluding hydrogens is 313 g/mol. The minimum atomic E-state index is -0.132. The van der Waals surface area contributed by atoms with Crippen molar-refractivity contribution in [2.24, 2.45) is 5.92 Å². The number of halogens is 1. The van der Waals surface area contributed by atoms with Gasteiger partial charge in [-0.25, -0.2) is 9.18 Å². The summed E-state index contributed by atoms with van der Waals surface area (Å²) >= 11 is 1.90. The highest BCUT2D eigenvalue weighted by molar-refractivity contribution is 7.99. The third kappa shape index (κ3) is 4.61. The second-order valence-corrected chi connectivity index (χ2v) is 7.49. The quantitative estimate of drug-likeness (QED) is 0.916. The van der Waals surface area contributed by atoms with Crippen LogP contribution in [-0.4, -0.2) is 60.1 Å². The predicted octanol–water partition coefficient (Wildman–Crippen LogP) is 2.41. The maximum atomic E-state index is 13.7. The molecule has 1 aromatic rings. The van der Waals surface area contributed by atoms with Crippen LogP contribution in [-0.2, 0) is 6.54 Å². The molecule has 0 saturated carbocycles. The van der Waals surface area contributed by atoms with E-state index in [9.17, 15) is 9.18 Å². The zero-order valence-electron chi connectivity index (χ0n) is 13.3. The van der Waals surface area contributed by atoms with Gasteiger partial charge in [0.25, 0.3) is 0 Å². The number of thioether (sulfide) groups is 1. The fraction of sp³-hybridized carbons (Fsp3) is 0.588. The highest BCUT2D eigenvalue weighted by Gasteiger charge is 2.24. The van der Waals surface area contributed by atoms with Gasteiger partial charge in [0.2, 0.25) is 0 Å². The van der Waals surface area contributed by atoms with Crippen molar-refractivity contribution < 1.29 is 9.18 Å². The lowest BCUT2D eigenvalue weighted by atomic mass is 10.1. The molecule has 2 fully saturated rings. The summed E-state index contributed by atoms with van der Waals surface area (Å²) in [5, 5.41) is 3.07. The largest absolute Gasteiger partial charge is 0.338 e. The molecule has 2 aliphatic rings. The van der Waals surface area contributed by atoms with Gasteiger partial charge in [-0.15, -0.1) is 0 Å². The Bertz CT molecular complexity index is 536. The zero-order chi connectivity index (χ0) is 16.1. The fourth-order valence-electron chi connectivity index (χ4n) is 3.20. The number of carbonyl (C=O) groups excluding carboxylic acids is 1. The molecule has 0 spiro atoms. The van der Waals surface area contributed by atoms with Crippen LogP contribution < -0.4 is 5.32 Å². The summed E-state index contributed by atoms with van der Waals surface area (Å²) in [6, 6.07) is 7.03. The third-order valence-electron chi connectivity index (χ3n) is 4.56. The first-order valence-corrected chi connectivity index (χ1v) is 9.44. The number of amides is 2. The summed E-state index contributed by atoms with van der Waals surface area (Å²) < 4.78 is 13.7. The average Bonchev–Trinajstić information content (AvgIpc) is 3.03. The number of hydrogen-bond donors (Lipinski definition) is 1. The second-order valence-electron chi connectivity index (χ2n) is 6.27. The first-order chi connectivity index (χ1) is 11.2. The third-order valence-corrected chi connectivity index (χ3v) is 5.50. The van der Waals surface area contributed by atoms with Crippen LogP contribution in [0.5, 0.6) is 0 Å². The second kappa shape index (κ2) is 8.02. The van der Waals surface area contributed by atoms with Gasteiger partial charge in [0.05, 0.1) is 0 Å². The molecule has 3 rings (SSSR count). The summed E-state index contributed by atoms with van der Waals surface area (Å²) in [6.45, 7) is 4.96. The van der Waals surface area contributed by atoms with Crippen LogP contribution in [0.25, 0.3) is 0 Å². The van der Waals surface area contributed by atoms with E-state index in [1.807, 2.05) is 28.8 Å². The minimum absolute atomic E-state index is 0.0675. The van der Waals surface area contributed by atoms with Gasteiger partial charge >= 0.3 is 6.03 Å². The van der Waals surface area contributed by atoms with Crippen molar-refractivity contribution in [1.29, 1.82) is 0 Å². The van der Waals surface area contributed by atoms with Crippen molar-refractivity contribution in [1.82, 2.24) is 15.1 Å². The molecule has 2 amide bonds. The minimum Gasteiger partial charge on any atom is -0.338 e. The summed E-state index contributed by atoms with van der Waals surface area (Å²) in [5.41, 5.74) is 0.753. The Kier molecular flexibility index (Phi) is 5.78. The molecule has 23 heavy (non-hydrogen) atoms. The highest BCUT2D eigenvalue weighted by Crippen LogP contribution is 2.19. The van der Waals surface area contributed by atoms with Crippen LogP contribution in [0.3, 0.4) is 0 Å². The van der Waals surface area contributed by atoms with E-state index in [-0.39, 0.29) is 11.8 Å². The van der Waals surface area contributed by atoms with Gasteiger partial charge < -0.3 is 10.2 Å². The summed E-state index contributed by atoms with van der Waals surface area (Å²) in [4.78, 5) is 16.3. The van der Waals surface area contributed by atoms with E-state index in [2.05, 4.69) is 10.2 Å². The Morgan fingerprint density at radius 1 is 1.26 bits per heavy atom. The number of nitrogens with one attached hydrogen (secondary N) is 1. The Labute approximate surface area is 141 Å². The maximum Gasteiger partial charge on any atom is 0.317 e. The molecule has 1 atom stereocenters. The van der Waals surface area contributed by atoms with Crippen LogP contribution in [0.4, 0.5) is 9.18 Å². The van der Waals surface area contributed by atoms with E-state index in [0.29, 0.717) is 12.5 Å². The molecule has 0 unspecified atom stereocenters. The summed E-state index contributed by atoms with van der Waals surface area (Å²) in [7, 11) is 0. The summed E-state index contributed by atoms with van der Waals surface area (Å²) in [6.07, 6.45) is 1.06. The number of benzene rings is 1. The van der Waals surface area contributed by atoms with Crippen molar-refractivity contribution in [2.45, 2.75) is 13.0 Å². The first-order valence-electron chi connectivity index (χ1n) is 8.28. The fourth-order valence-corrected chi connectivity index (χ4v) is 4.10. The Morgan fingerprint density at radius 2 is 2.04 bits per heavy atom. The highest BCUT2D eigenvalue weighted by atomic mass is 32.2. The normalized spacial score (nSPS) is 22.3. The lowest BCUT2D eigenvalue weighted by Crippen LogP contribution is -2.45. The predicted molar refractivity (Wildman–Crippen MR) is 92.1 cm³/mol. The van der Waals surface area contributed by atoms with Gasteiger partial charge in [0.1, 0.15) is 5.82 Å². The molecule has 2 heterocycles. The lowest BCUT2D eigenvalue weighted by Gasteiger charge is -2.27. The lowest BCUT2D eigenvalue weighted by molar-refractivity contribution is 0.201. The molecule has 0 bridgehead atoms. The molecule has 6 heteroatoms. The van der Waals surface area contributed by atoms with Gasteiger partial charge in [-0.3, -0.25) is 4.90 Å². The topological polar surface area (TPSA) is 35.6 Å². The number of hydrogen-bond acceptors (Lipinski definition) is 3. The van der Waals surface area contributed by atoms with Crippen LogP contribution >= 0.6 is 11.8 Å². The van der Waals surface area contributed by atoms with E-state index in [4.69, 9.17) is 0 Å². The Balaban J connectivity index is 1.41. The molecule has 126 valence electrons. The molecule has 1 N–H and O–H groups in total. The van der Waals surface area contributed by atoms with Crippen LogP contribution in [0.1, 0.15) is 12.0 Å². The van der Waals surface area contributed by atoms with Gasteiger partial charge in [-0.05, 0) is 24.9 Å². The van der Waals surface area contributed by atoms with E-state index in [1.54, 1.807) is 6.07 Å². The van der Waals surface area contributed by atoms with Crippen LogP contribution in [0.15, 0.2) is 24.3 Å². The molecular formula is C17H24FN3OS. The molecule has 4 nitrogen and oxygen atoms in total. The van der Waals surface area contributed by atoms with Gasteiger partial charge in [-0.2, -0.15) is 11.8 Å². The monoisotopic (exact) mass is 337 g/mol. The molecule has 2 saturated heterocycles. The first kappa shape index (κ1) is 16.6. The Hall–Kier alpha value is -1.27. The van der Waals surface area contributed by atoms with E-state index in [0.717, 1.165) is 56.2 Å². The van der Waals surface area contributed by atoms with Crippen molar-refractivity contribution in [3.05, 3.63) is 35.6 Å². The number of nitrogens with zero attached hydrogens (tertiary/aromatic N) is 2. The zero-order valence-corrected chi connectivity index (χ0v) is 14.2. The number of urea groups is 1. The molecule has 1 aromatic carbocycles. The smallest absolute Gasteiger partial charge is 0.317 e. The maximum absolute atomic E-state index is 13.7. The number of carbonyl (C=O) groups is 1. The average molecular weight is 337 g/mol. The van der Waals surface area contributed by atoms with Crippen molar-refractivity contribution in [2.75, 3.05) is 44.2 Å². The van der Waals surface area contributed by atoms with Gasteiger partial charge in [-0.1, -0.05) is 18.2 Å². The summed E-state index contributed by atoms with van der Waals surface area (Å²) in [5.74, 6) is 2.40. The van der Waals surface area contributed by atoms with Crippen LogP contribution in [0, 0.1) is 11.7 Å². The van der Waals surface area contributed by atoms with Crippen molar-refractivity contribution >= 4 is 17.8 Å². The van der Waals surface area contributed by atoms with Crippen LogP contribution in [0.2, 0.25) is 0 Å². The standard InChI is InChI=1S/C17H24FN3OS/c18-16-4-2-1-3-15(16)13-20-6-5-14(12-20)11-19-17(22)21-7-9-23-10-8-21/h1-4,14H,5-13H2,(H,19,22)/t14-/m0/s1.